The van der Waals surface area contributed by atoms with Crippen LogP contribution in [0.15, 0.2) is 22.6 Å². The number of nitrogens with one attached hydrogen (secondary N) is 2. The van der Waals surface area contributed by atoms with Crippen LogP contribution in [0.5, 0.6) is 0 Å². The molecule has 19 heavy (non-hydrogen) atoms. The number of rotatable bonds is 3. The van der Waals surface area contributed by atoms with Gasteiger partial charge in [-0.05, 0) is 37.6 Å². The van der Waals surface area contributed by atoms with E-state index in [0.29, 0.717) is 0 Å². The van der Waals surface area contributed by atoms with Gasteiger partial charge in [-0.3, -0.25) is 4.79 Å². The first-order chi connectivity index (χ1) is 9.26. The third-order valence-electron chi connectivity index (χ3n) is 3.38. The lowest BCUT2D eigenvalue weighted by molar-refractivity contribution is -0.117. The molecule has 1 amide bonds. The number of nitrogens with zero attached hydrogens (tertiary/aromatic N) is 1. The first kappa shape index (κ1) is 12.2. The fraction of sp³-hybridized carbons (Fsp3) is 0.429. The summed E-state index contributed by atoms with van der Waals surface area (Å²) in [6.45, 7) is 2.92. The van der Waals surface area contributed by atoms with Crippen LogP contribution in [0, 0.1) is 0 Å². The molecule has 100 valence electrons. The summed E-state index contributed by atoms with van der Waals surface area (Å²) < 4.78 is 5.54. The van der Waals surface area contributed by atoms with Gasteiger partial charge in [-0.1, -0.05) is 6.92 Å². The second-order valence-electron chi connectivity index (χ2n) is 4.78. The van der Waals surface area contributed by atoms with Gasteiger partial charge in [0.1, 0.15) is 5.52 Å². The minimum absolute atomic E-state index is 0.0241. The number of carbonyl (C=O) groups is 1. The van der Waals surface area contributed by atoms with Gasteiger partial charge in [-0.25, -0.2) is 4.98 Å². The molecule has 1 aromatic carbocycles. The number of benzene rings is 1. The zero-order valence-corrected chi connectivity index (χ0v) is 10.9. The van der Waals surface area contributed by atoms with Gasteiger partial charge in [0, 0.05) is 12.1 Å². The molecule has 2 heterocycles. The van der Waals surface area contributed by atoms with Crippen LogP contribution in [0.3, 0.4) is 0 Å². The molecule has 0 bridgehead atoms. The molecule has 2 aromatic rings. The Bertz CT molecular complexity index is 600. The molecule has 0 spiro atoms. The summed E-state index contributed by atoms with van der Waals surface area (Å²) >= 11 is 0. The van der Waals surface area contributed by atoms with Gasteiger partial charge in [0.15, 0.2) is 11.5 Å². The fourth-order valence-corrected chi connectivity index (χ4v) is 2.34. The molecule has 0 radical (unpaired) electrons. The summed E-state index contributed by atoms with van der Waals surface area (Å²) in [7, 11) is 0. The van der Waals surface area contributed by atoms with Gasteiger partial charge in [0.2, 0.25) is 5.91 Å². The molecule has 1 aromatic heterocycles. The molecule has 1 aliphatic heterocycles. The standard InChI is InChI=1S/C14H17N3O2/c1-2-13-17-11-8-9(5-6-12(11)19-13)16-14(18)10-4-3-7-15-10/h5-6,8,10,15H,2-4,7H2,1H3,(H,16,18)/t10-/m1/s1. The van der Waals surface area contributed by atoms with Crippen molar-refractivity contribution in [2.24, 2.45) is 0 Å². The summed E-state index contributed by atoms with van der Waals surface area (Å²) in [4.78, 5) is 16.4. The minimum atomic E-state index is -0.0702. The number of fused-ring (bicyclic) bond motifs is 1. The quantitative estimate of drug-likeness (QED) is 0.885. The van der Waals surface area contributed by atoms with Crippen LogP contribution in [0.1, 0.15) is 25.7 Å². The van der Waals surface area contributed by atoms with Gasteiger partial charge < -0.3 is 15.1 Å². The van der Waals surface area contributed by atoms with Crippen LogP contribution >= 0.6 is 0 Å². The molecule has 1 fully saturated rings. The van der Waals surface area contributed by atoms with E-state index in [-0.39, 0.29) is 11.9 Å². The van der Waals surface area contributed by atoms with E-state index in [1.165, 1.54) is 0 Å². The Balaban J connectivity index is 1.78. The smallest absolute Gasteiger partial charge is 0.241 e. The van der Waals surface area contributed by atoms with Gasteiger partial charge in [0.05, 0.1) is 6.04 Å². The highest BCUT2D eigenvalue weighted by atomic mass is 16.3. The number of oxazole rings is 1. The van der Waals surface area contributed by atoms with Crippen molar-refractivity contribution < 1.29 is 9.21 Å². The van der Waals surface area contributed by atoms with E-state index in [4.69, 9.17) is 4.42 Å². The third kappa shape index (κ3) is 2.46. The topological polar surface area (TPSA) is 67.2 Å². The van der Waals surface area contributed by atoms with Gasteiger partial charge in [-0.15, -0.1) is 0 Å². The maximum atomic E-state index is 12.0. The largest absolute Gasteiger partial charge is 0.441 e. The highest BCUT2D eigenvalue weighted by molar-refractivity contribution is 5.96. The molecule has 1 aliphatic rings. The van der Waals surface area contributed by atoms with E-state index in [1.54, 1.807) is 0 Å². The average Bonchev–Trinajstić information content (AvgIpc) is 3.07. The van der Waals surface area contributed by atoms with Crippen LogP contribution in [0.4, 0.5) is 5.69 Å². The summed E-state index contributed by atoms with van der Waals surface area (Å²) in [6, 6.07) is 5.48. The van der Waals surface area contributed by atoms with Crippen molar-refractivity contribution in [3.63, 3.8) is 0 Å². The second-order valence-corrected chi connectivity index (χ2v) is 4.78. The summed E-state index contributed by atoms with van der Waals surface area (Å²) in [5.41, 5.74) is 2.31. The summed E-state index contributed by atoms with van der Waals surface area (Å²) in [5, 5.41) is 6.10. The number of hydrogen-bond acceptors (Lipinski definition) is 4. The summed E-state index contributed by atoms with van der Waals surface area (Å²) in [6.07, 6.45) is 2.72. The van der Waals surface area contributed by atoms with Crippen LogP contribution < -0.4 is 10.6 Å². The van der Waals surface area contributed by atoms with Gasteiger partial charge in [0.25, 0.3) is 0 Å². The van der Waals surface area contributed by atoms with E-state index in [9.17, 15) is 4.79 Å². The summed E-state index contributed by atoms with van der Waals surface area (Å²) in [5.74, 6) is 0.743. The second kappa shape index (κ2) is 5.01. The Labute approximate surface area is 111 Å². The Morgan fingerprint density at radius 1 is 1.58 bits per heavy atom. The normalized spacial score (nSPS) is 18.9. The van der Waals surface area contributed by atoms with Crippen molar-refractivity contribution in [3.8, 4) is 0 Å². The third-order valence-corrected chi connectivity index (χ3v) is 3.38. The number of carbonyl (C=O) groups excluding carboxylic acids is 1. The predicted octanol–water partition coefficient (Wildman–Crippen LogP) is 2.08. The molecule has 1 atom stereocenters. The number of aryl methyl sites for hydroxylation is 1. The molecular formula is C14H17N3O2. The van der Waals surface area contributed by atoms with E-state index >= 15 is 0 Å². The minimum Gasteiger partial charge on any atom is -0.441 e. The van der Waals surface area contributed by atoms with Crippen LogP contribution in [0.2, 0.25) is 0 Å². The van der Waals surface area contributed by atoms with Crippen LogP contribution in [-0.4, -0.2) is 23.5 Å². The predicted molar refractivity (Wildman–Crippen MR) is 73.0 cm³/mol. The monoisotopic (exact) mass is 259 g/mol. The number of amides is 1. The lowest BCUT2D eigenvalue weighted by Crippen LogP contribution is -2.35. The molecule has 2 N–H and O–H groups in total. The average molecular weight is 259 g/mol. The highest BCUT2D eigenvalue weighted by Gasteiger charge is 2.22. The van der Waals surface area contributed by atoms with Gasteiger partial charge in [-0.2, -0.15) is 0 Å². The van der Waals surface area contributed by atoms with E-state index in [1.807, 2.05) is 25.1 Å². The maximum absolute atomic E-state index is 12.0. The van der Waals surface area contributed by atoms with Crippen LogP contribution in [0.25, 0.3) is 11.1 Å². The van der Waals surface area contributed by atoms with Gasteiger partial charge >= 0.3 is 0 Å². The highest BCUT2D eigenvalue weighted by Crippen LogP contribution is 2.20. The molecule has 0 saturated carbocycles. The molecule has 0 aliphatic carbocycles. The van der Waals surface area contributed by atoms with E-state index < -0.39 is 0 Å². The van der Waals surface area contributed by atoms with Crippen LogP contribution in [-0.2, 0) is 11.2 Å². The van der Waals surface area contributed by atoms with Crippen molar-refractivity contribution in [2.75, 3.05) is 11.9 Å². The Hall–Kier alpha value is -1.88. The zero-order chi connectivity index (χ0) is 13.2. The lowest BCUT2D eigenvalue weighted by atomic mass is 10.2. The molecular weight excluding hydrogens is 242 g/mol. The molecule has 5 heteroatoms. The first-order valence-corrected chi connectivity index (χ1v) is 6.70. The van der Waals surface area contributed by atoms with Crippen molar-refractivity contribution in [3.05, 3.63) is 24.1 Å². The molecule has 1 saturated heterocycles. The molecule has 5 nitrogen and oxygen atoms in total. The number of anilines is 1. The maximum Gasteiger partial charge on any atom is 0.241 e. The fourth-order valence-electron chi connectivity index (χ4n) is 2.34. The molecule has 3 rings (SSSR count). The van der Waals surface area contributed by atoms with Crippen molar-refractivity contribution in [1.82, 2.24) is 10.3 Å². The Kier molecular flexibility index (Phi) is 3.21. The zero-order valence-electron chi connectivity index (χ0n) is 10.9. The number of hydrogen-bond donors (Lipinski definition) is 2. The van der Waals surface area contributed by atoms with E-state index in [2.05, 4.69) is 15.6 Å². The van der Waals surface area contributed by atoms with E-state index in [0.717, 1.165) is 48.5 Å². The Morgan fingerprint density at radius 2 is 2.47 bits per heavy atom. The van der Waals surface area contributed by atoms with Crippen molar-refractivity contribution >= 4 is 22.7 Å². The Morgan fingerprint density at radius 3 is 3.21 bits per heavy atom. The SMILES string of the molecule is CCc1nc2cc(NC(=O)[C@H]3CCCN3)ccc2o1. The van der Waals surface area contributed by atoms with Crippen molar-refractivity contribution in [1.29, 1.82) is 0 Å². The molecule has 0 unspecified atom stereocenters. The lowest BCUT2D eigenvalue weighted by Gasteiger charge is -2.10. The van der Waals surface area contributed by atoms with Crippen molar-refractivity contribution in [2.45, 2.75) is 32.2 Å². The number of aromatic nitrogens is 1. The first-order valence-electron chi connectivity index (χ1n) is 6.70.